The highest BCUT2D eigenvalue weighted by Crippen LogP contribution is 2.14. The Balaban J connectivity index is 0.00000200. The lowest BCUT2D eigenvalue weighted by Gasteiger charge is -2.30. The fourth-order valence-electron chi connectivity index (χ4n) is 2.46. The lowest BCUT2D eigenvalue weighted by molar-refractivity contribution is -0.122. The van der Waals surface area contributed by atoms with Crippen molar-refractivity contribution in [2.45, 2.75) is 32.2 Å². The zero-order chi connectivity index (χ0) is 13.7. The van der Waals surface area contributed by atoms with Gasteiger partial charge in [-0.25, -0.2) is 0 Å². The summed E-state index contributed by atoms with van der Waals surface area (Å²) in [5, 5.41) is 6.51. The Morgan fingerprint density at radius 3 is 3.00 bits per heavy atom. The maximum atomic E-state index is 12.0. The highest BCUT2D eigenvalue weighted by Gasteiger charge is 2.22. The third kappa shape index (κ3) is 5.43. The van der Waals surface area contributed by atoms with E-state index in [9.17, 15) is 4.79 Å². The predicted octanol–water partition coefficient (Wildman–Crippen LogP) is 2.92. The number of hydrogen-bond acceptors (Lipinski definition) is 2. The molecule has 1 aliphatic rings. The molecule has 112 valence electrons. The second-order valence-electron chi connectivity index (χ2n) is 5.27. The molecule has 3 nitrogen and oxygen atoms in total. The molecule has 20 heavy (non-hydrogen) atoms. The number of benzene rings is 1. The largest absolute Gasteiger partial charge is 0.353 e. The highest BCUT2D eigenvalue weighted by molar-refractivity contribution is 9.10. The smallest absolute Gasteiger partial charge is 0.220 e. The van der Waals surface area contributed by atoms with E-state index in [4.69, 9.17) is 0 Å². The SMILES string of the molecule is CC1CNCCC1NC(=O)CCc1cccc(Br)c1.Cl. The van der Waals surface area contributed by atoms with Gasteiger partial charge in [-0.3, -0.25) is 4.79 Å². The molecular formula is C15H22BrClN2O. The number of amides is 1. The van der Waals surface area contributed by atoms with Gasteiger partial charge in [0.2, 0.25) is 5.91 Å². The van der Waals surface area contributed by atoms with Gasteiger partial charge in [-0.1, -0.05) is 35.0 Å². The van der Waals surface area contributed by atoms with Crippen molar-refractivity contribution in [3.8, 4) is 0 Å². The first-order valence-corrected chi connectivity index (χ1v) is 7.69. The van der Waals surface area contributed by atoms with E-state index in [1.807, 2.05) is 12.1 Å². The van der Waals surface area contributed by atoms with Gasteiger partial charge >= 0.3 is 0 Å². The van der Waals surface area contributed by atoms with Gasteiger partial charge in [-0.05, 0) is 49.5 Å². The minimum Gasteiger partial charge on any atom is -0.353 e. The number of piperidine rings is 1. The molecule has 0 bridgehead atoms. The zero-order valence-electron chi connectivity index (χ0n) is 11.7. The van der Waals surface area contributed by atoms with Gasteiger partial charge in [0.1, 0.15) is 0 Å². The van der Waals surface area contributed by atoms with Crippen molar-refractivity contribution >= 4 is 34.2 Å². The summed E-state index contributed by atoms with van der Waals surface area (Å²) >= 11 is 3.45. The molecule has 2 unspecified atom stereocenters. The highest BCUT2D eigenvalue weighted by atomic mass is 79.9. The first kappa shape index (κ1) is 17.5. The van der Waals surface area contributed by atoms with Crippen molar-refractivity contribution in [2.24, 2.45) is 5.92 Å². The number of nitrogens with one attached hydrogen (secondary N) is 2. The van der Waals surface area contributed by atoms with Gasteiger partial charge in [-0.15, -0.1) is 12.4 Å². The molecule has 1 fully saturated rings. The number of hydrogen-bond donors (Lipinski definition) is 2. The van der Waals surface area contributed by atoms with E-state index in [0.29, 0.717) is 18.4 Å². The van der Waals surface area contributed by atoms with Crippen molar-refractivity contribution in [1.29, 1.82) is 0 Å². The van der Waals surface area contributed by atoms with Crippen LogP contribution in [0.4, 0.5) is 0 Å². The van der Waals surface area contributed by atoms with Crippen LogP contribution in [0, 0.1) is 5.92 Å². The van der Waals surface area contributed by atoms with Gasteiger partial charge in [0, 0.05) is 16.9 Å². The molecule has 1 aromatic carbocycles. The van der Waals surface area contributed by atoms with E-state index in [1.54, 1.807) is 0 Å². The molecule has 1 heterocycles. The van der Waals surface area contributed by atoms with Gasteiger partial charge in [0.15, 0.2) is 0 Å². The van der Waals surface area contributed by atoms with Crippen LogP contribution in [-0.2, 0) is 11.2 Å². The van der Waals surface area contributed by atoms with Crippen LogP contribution in [0.15, 0.2) is 28.7 Å². The Labute approximate surface area is 135 Å². The van der Waals surface area contributed by atoms with Gasteiger partial charge in [-0.2, -0.15) is 0 Å². The third-order valence-corrected chi connectivity index (χ3v) is 4.15. The molecule has 2 N–H and O–H groups in total. The lowest BCUT2D eigenvalue weighted by Crippen LogP contribution is -2.48. The molecule has 0 radical (unpaired) electrons. The van der Waals surface area contributed by atoms with Crippen molar-refractivity contribution in [2.75, 3.05) is 13.1 Å². The normalized spacial score (nSPS) is 21.9. The molecule has 2 rings (SSSR count). The number of carbonyl (C=O) groups is 1. The van der Waals surface area contributed by atoms with Crippen LogP contribution in [0.25, 0.3) is 0 Å². The maximum absolute atomic E-state index is 12.0. The molecular weight excluding hydrogens is 340 g/mol. The van der Waals surface area contributed by atoms with Crippen LogP contribution in [0.5, 0.6) is 0 Å². The number of halogens is 2. The minimum atomic E-state index is 0. The molecule has 0 aromatic heterocycles. The summed E-state index contributed by atoms with van der Waals surface area (Å²) in [6.45, 7) is 4.18. The van der Waals surface area contributed by atoms with Gasteiger partial charge in [0.05, 0.1) is 0 Å². The number of aryl methyl sites for hydroxylation is 1. The molecule has 1 aromatic rings. The molecule has 0 spiro atoms. The van der Waals surface area contributed by atoms with Crippen molar-refractivity contribution in [1.82, 2.24) is 10.6 Å². The van der Waals surface area contributed by atoms with Crippen molar-refractivity contribution in [3.63, 3.8) is 0 Å². The Bertz CT molecular complexity index is 442. The first-order chi connectivity index (χ1) is 9.15. The standard InChI is InChI=1S/C15H21BrN2O.ClH/c1-11-10-17-8-7-14(11)18-15(19)6-5-12-3-2-4-13(16)9-12;/h2-4,9,11,14,17H,5-8,10H2,1H3,(H,18,19);1H. The van der Waals surface area contributed by atoms with Gasteiger partial charge in [0.25, 0.3) is 0 Å². The van der Waals surface area contributed by atoms with Crippen LogP contribution in [0.3, 0.4) is 0 Å². The quantitative estimate of drug-likeness (QED) is 0.866. The Morgan fingerprint density at radius 2 is 2.30 bits per heavy atom. The fourth-order valence-corrected chi connectivity index (χ4v) is 2.90. The molecule has 1 amide bonds. The van der Waals surface area contributed by atoms with E-state index < -0.39 is 0 Å². The minimum absolute atomic E-state index is 0. The van der Waals surface area contributed by atoms with Crippen LogP contribution in [0.2, 0.25) is 0 Å². The van der Waals surface area contributed by atoms with E-state index in [0.717, 1.165) is 30.4 Å². The van der Waals surface area contributed by atoms with Gasteiger partial charge < -0.3 is 10.6 Å². The average molecular weight is 362 g/mol. The molecule has 1 saturated heterocycles. The monoisotopic (exact) mass is 360 g/mol. The van der Waals surface area contributed by atoms with Crippen molar-refractivity contribution < 1.29 is 4.79 Å². The summed E-state index contributed by atoms with van der Waals surface area (Å²) in [4.78, 5) is 12.0. The summed E-state index contributed by atoms with van der Waals surface area (Å²) in [6.07, 6.45) is 2.39. The Hall–Kier alpha value is -0.580. The van der Waals surface area contributed by atoms with Crippen LogP contribution < -0.4 is 10.6 Å². The second kappa shape index (κ2) is 8.65. The van der Waals surface area contributed by atoms with Crippen LogP contribution >= 0.6 is 28.3 Å². The molecule has 5 heteroatoms. The second-order valence-corrected chi connectivity index (χ2v) is 6.19. The summed E-state index contributed by atoms with van der Waals surface area (Å²) in [5.74, 6) is 0.683. The topological polar surface area (TPSA) is 41.1 Å². The molecule has 1 aliphatic heterocycles. The fraction of sp³-hybridized carbons (Fsp3) is 0.533. The summed E-state index contributed by atoms with van der Waals surface area (Å²) < 4.78 is 1.07. The first-order valence-electron chi connectivity index (χ1n) is 6.89. The summed E-state index contributed by atoms with van der Waals surface area (Å²) in [6, 6.07) is 8.47. The maximum Gasteiger partial charge on any atom is 0.220 e. The zero-order valence-corrected chi connectivity index (χ0v) is 14.1. The average Bonchev–Trinajstić information content (AvgIpc) is 2.39. The van der Waals surface area contributed by atoms with Crippen molar-refractivity contribution in [3.05, 3.63) is 34.3 Å². The molecule has 2 atom stereocenters. The Kier molecular flexibility index (Phi) is 7.56. The van der Waals surface area contributed by atoms with E-state index in [1.165, 1.54) is 5.56 Å². The number of rotatable bonds is 4. The third-order valence-electron chi connectivity index (χ3n) is 3.66. The van der Waals surface area contributed by atoms with E-state index in [2.05, 4.69) is 45.6 Å². The lowest BCUT2D eigenvalue weighted by atomic mass is 9.95. The van der Waals surface area contributed by atoms with E-state index in [-0.39, 0.29) is 18.3 Å². The van der Waals surface area contributed by atoms with E-state index >= 15 is 0 Å². The molecule has 0 aliphatic carbocycles. The molecule has 0 saturated carbocycles. The predicted molar refractivity (Wildman–Crippen MR) is 88.3 cm³/mol. The van der Waals surface area contributed by atoms with Crippen LogP contribution in [-0.4, -0.2) is 25.0 Å². The number of carbonyl (C=O) groups excluding carboxylic acids is 1. The summed E-state index contributed by atoms with van der Waals surface area (Å²) in [5.41, 5.74) is 1.20. The summed E-state index contributed by atoms with van der Waals surface area (Å²) in [7, 11) is 0. The Morgan fingerprint density at radius 1 is 1.50 bits per heavy atom. The van der Waals surface area contributed by atoms with Crippen LogP contribution in [0.1, 0.15) is 25.3 Å².